The molecule has 2 heterocycles. The number of hydrogen-bond acceptors (Lipinski definition) is 4. The van der Waals surface area contributed by atoms with Crippen LogP contribution in [0.2, 0.25) is 5.02 Å². The maximum absolute atomic E-state index is 12.5. The number of halogens is 4. The second kappa shape index (κ2) is 7.23. The second-order valence-corrected chi connectivity index (χ2v) is 5.08. The third-order valence-electron chi connectivity index (χ3n) is 3.04. The lowest BCUT2D eigenvalue weighted by atomic mass is 10.2. The smallest absolute Gasteiger partial charge is 0.380 e. The van der Waals surface area contributed by atoms with E-state index in [9.17, 15) is 18.0 Å². The Morgan fingerprint density at radius 2 is 2.04 bits per heavy atom. The molecular weight excluding hydrogens is 347 g/mol. The van der Waals surface area contributed by atoms with Crippen LogP contribution in [0.5, 0.6) is 0 Å². The first-order valence-corrected chi connectivity index (χ1v) is 7.08. The molecule has 6 nitrogen and oxygen atoms in total. The number of aromatic nitrogens is 2. The van der Waals surface area contributed by atoms with E-state index in [1.807, 2.05) is 0 Å². The van der Waals surface area contributed by atoms with E-state index in [1.165, 1.54) is 12.3 Å². The van der Waals surface area contributed by atoms with Crippen molar-refractivity contribution in [2.75, 3.05) is 23.7 Å². The highest BCUT2D eigenvalue weighted by Crippen LogP contribution is 2.30. The van der Waals surface area contributed by atoms with Gasteiger partial charge in [-0.25, -0.2) is 4.98 Å². The largest absolute Gasteiger partial charge is 0.419 e. The van der Waals surface area contributed by atoms with Crippen LogP contribution in [0.1, 0.15) is 11.1 Å². The van der Waals surface area contributed by atoms with Crippen LogP contribution in [-0.2, 0) is 6.18 Å². The van der Waals surface area contributed by atoms with Crippen LogP contribution >= 0.6 is 11.6 Å². The number of rotatable bonds is 5. The number of anilines is 2. The molecule has 126 valence electrons. The number of aromatic amines is 2. The van der Waals surface area contributed by atoms with Gasteiger partial charge in [-0.3, -0.25) is 10.1 Å². The van der Waals surface area contributed by atoms with Gasteiger partial charge in [-0.1, -0.05) is 11.6 Å². The number of pyridine rings is 2. The number of nitrogens with one attached hydrogen (secondary N) is 4. The summed E-state index contributed by atoms with van der Waals surface area (Å²) in [4.78, 5) is 16.3. The lowest BCUT2D eigenvalue weighted by molar-refractivity contribution is -0.364. The van der Waals surface area contributed by atoms with Crippen molar-refractivity contribution in [3.05, 3.63) is 51.0 Å². The van der Waals surface area contributed by atoms with E-state index in [4.69, 9.17) is 16.9 Å². The molecule has 0 atom stereocenters. The molecule has 2 rings (SSSR count). The summed E-state index contributed by atoms with van der Waals surface area (Å²) < 4.78 is 37.6. The van der Waals surface area contributed by atoms with Crippen LogP contribution < -0.4 is 21.2 Å². The Morgan fingerprint density at radius 3 is 2.67 bits per heavy atom. The maximum atomic E-state index is 12.5. The van der Waals surface area contributed by atoms with Gasteiger partial charge < -0.3 is 10.3 Å². The van der Waals surface area contributed by atoms with Crippen molar-refractivity contribution >= 4 is 23.1 Å². The number of nitrogens with zero attached hydrogens (tertiary/aromatic N) is 1. The molecule has 10 heteroatoms. The number of H-pyrrole nitrogens is 2. The molecule has 0 aromatic carbocycles. The standard InChI is InChI=1S/C14H11ClF3N5O/c15-10-5-8(14(16,17)18)7-23-12(10)21-4-3-20-11-1-2-22-13(24)9(11)6-19/h1-2,5,7H,3-4H2,(H,21,23)(H2,20,22,24)/p+1. The van der Waals surface area contributed by atoms with Gasteiger partial charge in [-0.2, -0.15) is 18.4 Å². The number of alkyl halides is 3. The summed E-state index contributed by atoms with van der Waals surface area (Å²) in [7, 11) is 0. The van der Waals surface area contributed by atoms with Gasteiger partial charge in [0.05, 0.1) is 17.8 Å². The molecule has 2 aromatic rings. The maximum Gasteiger partial charge on any atom is 0.419 e. The van der Waals surface area contributed by atoms with Crippen LogP contribution in [0.15, 0.2) is 29.3 Å². The minimum atomic E-state index is -4.48. The highest BCUT2D eigenvalue weighted by atomic mass is 35.5. The molecule has 0 saturated carbocycles. The van der Waals surface area contributed by atoms with E-state index in [-0.39, 0.29) is 16.4 Å². The molecule has 0 saturated heterocycles. The molecule has 0 radical (unpaired) electrons. The summed E-state index contributed by atoms with van der Waals surface area (Å²) in [5.74, 6) is 0.234. The number of hydrogen-bond donors (Lipinski definition) is 3. The van der Waals surface area contributed by atoms with Gasteiger partial charge >= 0.3 is 6.18 Å². The van der Waals surface area contributed by atoms with E-state index in [0.717, 1.165) is 12.3 Å². The van der Waals surface area contributed by atoms with E-state index in [2.05, 4.69) is 20.6 Å². The molecule has 0 aliphatic carbocycles. The van der Waals surface area contributed by atoms with Crippen LogP contribution in [0, 0.1) is 11.3 Å². The van der Waals surface area contributed by atoms with Crippen molar-refractivity contribution in [3.63, 3.8) is 0 Å². The topological polar surface area (TPSA) is 94.8 Å². The Hall–Kier alpha value is -2.73. The van der Waals surface area contributed by atoms with Crippen LogP contribution in [0.3, 0.4) is 0 Å². The monoisotopic (exact) mass is 358 g/mol. The zero-order valence-electron chi connectivity index (χ0n) is 12.1. The van der Waals surface area contributed by atoms with Crippen molar-refractivity contribution in [2.24, 2.45) is 0 Å². The van der Waals surface area contributed by atoms with Gasteiger partial charge in [-0.15, -0.1) is 0 Å². The summed E-state index contributed by atoms with van der Waals surface area (Å²) in [6.45, 7) is 0.600. The normalized spacial score (nSPS) is 11.0. The second-order valence-electron chi connectivity index (χ2n) is 4.67. The van der Waals surface area contributed by atoms with Crippen molar-refractivity contribution in [1.29, 1.82) is 5.26 Å². The van der Waals surface area contributed by atoms with Gasteiger partial charge in [-0.05, 0) is 12.1 Å². The van der Waals surface area contributed by atoms with Gasteiger partial charge in [0, 0.05) is 6.20 Å². The van der Waals surface area contributed by atoms with Gasteiger partial charge in [0.15, 0.2) is 0 Å². The Balaban J connectivity index is 1.95. The van der Waals surface area contributed by atoms with E-state index in [1.54, 1.807) is 6.07 Å². The molecule has 4 N–H and O–H groups in total. The zero-order chi connectivity index (χ0) is 17.7. The number of nitriles is 1. The summed E-state index contributed by atoms with van der Waals surface area (Å²) in [5.41, 5.74) is -1.06. The lowest BCUT2D eigenvalue weighted by Gasteiger charge is -2.08. The fourth-order valence-corrected chi connectivity index (χ4v) is 2.13. The first-order chi connectivity index (χ1) is 11.3. The Labute approximate surface area is 139 Å². The molecule has 0 amide bonds. The summed E-state index contributed by atoms with van der Waals surface area (Å²) in [5, 5.41) is 14.5. The highest BCUT2D eigenvalue weighted by molar-refractivity contribution is 6.32. The first kappa shape index (κ1) is 17.6. The predicted molar refractivity (Wildman–Crippen MR) is 81.8 cm³/mol. The Kier molecular flexibility index (Phi) is 5.31. The van der Waals surface area contributed by atoms with Crippen LogP contribution in [-0.4, -0.2) is 18.1 Å². The van der Waals surface area contributed by atoms with Gasteiger partial charge in [0.1, 0.15) is 29.4 Å². The first-order valence-electron chi connectivity index (χ1n) is 6.71. The van der Waals surface area contributed by atoms with Crippen molar-refractivity contribution in [3.8, 4) is 6.07 Å². The summed E-state index contributed by atoms with van der Waals surface area (Å²) in [6, 6.07) is 4.15. The average molecular weight is 359 g/mol. The molecule has 2 aromatic heterocycles. The third-order valence-corrected chi connectivity index (χ3v) is 3.33. The fraction of sp³-hybridized carbons (Fsp3) is 0.214. The van der Waals surface area contributed by atoms with Gasteiger partial charge in [0.2, 0.25) is 0 Å². The fourth-order valence-electron chi connectivity index (χ4n) is 1.89. The van der Waals surface area contributed by atoms with E-state index in [0.29, 0.717) is 18.8 Å². The third kappa shape index (κ3) is 4.17. The van der Waals surface area contributed by atoms with Crippen molar-refractivity contribution in [1.82, 2.24) is 4.98 Å². The molecule has 0 bridgehead atoms. The Morgan fingerprint density at radius 1 is 1.33 bits per heavy atom. The molecule has 0 aliphatic rings. The molecule has 0 unspecified atom stereocenters. The lowest BCUT2D eigenvalue weighted by Crippen LogP contribution is -2.22. The van der Waals surface area contributed by atoms with Crippen molar-refractivity contribution in [2.45, 2.75) is 6.18 Å². The van der Waals surface area contributed by atoms with Crippen LogP contribution in [0.25, 0.3) is 0 Å². The van der Waals surface area contributed by atoms with E-state index < -0.39 is 17.3 Å². The van der Waals surface area contributed by atoms with Crippen LogP contribution in [0.4, 0.5) is 24.7 Å². The molecule has 0 fully saturated rings. The molecule has 24 heavy (non-hydrogen) atoms. The summed E-state index contributed by atoms with van der Waals surface area (Å²) in [6.07, 6.45) is -2.26. The predicted octanol–water partition coefficient (Wildman–Crippen LogP) is 2.26. The minimum absolute atomic E-state index is 0.0448. The average Bonchev–Trinajstić information content (AvgIpc) is 2.52. The van der Waals surface area contributed by atoms with Crippen molar-refractivity contribution < 1.29 is 18.2 Å². The SMILES string of the molecule is N#Cc1c(NCCNc2[nH+]cc(C(F)(F)F)cc2Cl)cc[nH]c1=O. The minimum Gasteiger partial charge on any atom is -0.380 e. The molecular formula is C14H12ClF3N5O+. The molecule has 0 spiro atoms. The van der Waals surface area contributed by atoms with Gasteiger partial charge in [0.25, 0.3) is 11.4 Å². The zero-order valence-corrected chi connectivity index (χ0v) is 12.8. The quantitative estimate of drug-likeness (QED) is 0.714. The van der Waals surface area contributed by atoms with E-state index >= 15 is 0 Å². The molecule has 0 aliphatic heterocycles. The highest BCUT2D eigenvalue weighted by Gasteiger charge is 2.32. The summed E-state index contributed by atoms with van der Waals surface area (Å²) >= 11 is 5.80. The Bertz CT molecular complexity index is 828.